The first-order valence-electron chi connectivity index (χ1n) is 5.82. The second kappa shape index (κ2) is 3.70. The van der Waals surface area contributed by atoms with E-state index in [1.165, 1.54) is 0 Å². The minimum atomic E-state index is -0.328. The van der Waals surface area contributed by atoms with Gasteiger partial charge in [-0.15, -0.1) is 0 Å². The summed E-state index contributed by atoms with van der Waals surface area (Å²) >= 11 is 0. The highest BCUT2D eigenvalue weighted by molar-refractivity contribution is 5.63. The molecule has 1 saturated heterocycles. The Hall–Kier alpha value is -1.62. The molecule has 0 atom stereocenters. The standard InChI is InChI=1S/C12H14N2O3/c15-14(16)9-1-2-11-10(7-9)12(8-13-11)3-5-17-6-4-12/h1-2,7,13H,3-6,8H2. The van der Waals surface area contributed by atoms with Gasteiger partial charge in [0.05, 0.1) is 4.92 Å². The number of nitro benzene ring substituents is 1. The van der Waals surface area contributed by atoms with E-state index in [2.05, 4.69) is 5.32 Å². The molecule has 1 aromatic carbocycles. The summed E-state index contributed by atoms with van der Waals surface area (Å²) < 4.78 is 5.39. The lowest BCUT2D eigenvalue weighted by Gasteiger charge is -2.33. The molecular formula is C12H14N2O3. The van der Waals surface area contributed by atoms with Crippen molar-refractivity contribution >= 4 is 11.4 Å². The maximum absolute atomic E-state index is 10.8. The van der Waals surface area contributed by atoms with Crippen molar-refractivity contribution in [3.05, 3.63) is 33.9 Å². The van der Waals surface area contributed by atoms with E-state index in [0.717, 1.165) is 43.9 Å². The average molecular weight is 234 g/mol. The number of anilines is 1. The fraction of sp³-hybridized carbons (Fsp3) is 0.500. The van der Waals surface area contributed by atoms with E-state index in [4.69, 9.17) is 4.74 Å². The molecule has 1 fully saturated rings. The van der Waals surface area contributed by atoms with Gasteiger partial charge in [-0.25, -0.2) is 0 Å². The van der Waals surface area contributed by atoms with Gasteiger partial charge in [0.15, 0.2) is 0 Å². The zero-order chi connectivity index (χ0) is 11.9. The van der Waals surface area contributed by atoms with E-state index in [-0.39, 0.29) is 16.0 Å². The summed E-state index contributed by atoms with van der Waals surface area (Å²) in [5, 5.41) is 14.2. The van der Waals surface area contributed by atoms with Crippen LogP contribution in [-0.4, -0.2) is 24.7 Å². The van der Waals surface area contributed by atoms with Crippen molar-refractivity contribution in [3.63, 3.8) is 0 Å². The van der Waals surface area contributed by atoms with Gasteiger partial charge >= 0.3 is 0 Å². The molecule has 90 valence electrons. The second-order valence-corrected chi connectivity index (χ2v) is 4.73. The largest absolute Gasteiger partial charge is 0.384 e. The van der Waals surface area contributed by atoms with Crippen LogP contribution in [0, 0.1) is 10.1 Å². The highest BCUT2D eigenvalue weighted by atomic mass is 16.6. The molecule has 0 unspecified atom stereocenters. The number of hydrogen-bond donors (Lipinski definition) is 1. The minimum Gasteiger partial charge on any atom is -0.384 e. The van der Waals surface area contributed by atoms with Gasteiger partial charge in [0.1, 0.15) is 0 Å². The van der Waals surface area contributed by atoms with Crippen molar-refractivity contribution in [2.45, 2.75) is 18.3 Å². The van der Waals surface area contributed by atoms with Gasteiger partial charge in [0.25, 0.3) is 5.69 Å². The molecule has 0 bridgehead atoms. The van der Waals surface area contributed by atoms with Gasteiger partial charge in [0.2, 0.25) is 0 Å². The number of hydrogen-bond acceptors (Lipinski definition) is 4. The van der Waals surface area contributed by atoms with Crippen LogP contribution in [0.2, 0.25) is 0 Å². The highest BCUT2D eigenvalue weighted by Gasteiger charge is 2.40. The van der Waals surface area contributed by atoms with Crippen LogP contribution in [-0.2, 0) is 10.2 Å². The predicted molar refractivity (Wildman–Crippen MR) is 63.3 cm³/mol. The predicted octanol–water partition coefficient (Wildman–Crippen LogP) is 2.07. The summed E-state index contributed by atoms with van der Waals surface area (Å²) in [6, 6.07) is 5.10. The smallest absolute Gasteiger partial charge is 0.269 e. The lowest BCUT2D eigenvalue weighted by molar-refractivity contribution is -0.384. The van der Waals surface area contributed by atoms with Crippen molar-refractivity contribution in [3.8, 4) is 0 Å². The second-order valence-electron chi connectivity index (χ2n) is 4.73. The molecule has 0 radical (unpaired) electrons. The normalized spacial score (nSPS) is 20.9. The first-order chi connectivity index (χ1) is 8.21. The van der Waals surface area contributed by atoms with Crippen molar-refractivity contribution < 1.29 is 9.66 Å². The summed E-state index contributed by atoms with van der Waals surface area (Å²) in [6.07, 6.45) is 1.88. The van der Waals surface area contributed by atoms with Gasteiger partial charge in [0, 0.05) is 43.0 Å². The van der Waals surface area contributed by atoms with Crippen LogP contribution in [0.1, 0.15) is 18.4 Å². The van der Waals surface area contributed by atoms with Crippen LogP contribution in [0.25, 0.3) is 0 Å². The summed E-state index contributed by atoms with van der Waals surface area (Å²) in [5.74, 6) is 0. The third kappa shape index (κ3) is 1.58. The first-order valence-corrected chi connectivity index (χ1v) is 5.82. The lowest BCUT2D eigenvalue weighted by atomic mass is 9.76. The van der Waals surface area contributed by atoms with Crippen molar-refractivity contribution in [2.24, 2.45) is 0 Å². The summed E-state index contributed by atoms with van der Waals surface area (Å²) in [6.45, 7) is 2.35. The summed E-state index contributed by atoms with van der Waals surface area (Å²) in [4.78, 5) is 10.5. The lowest BCUT2D eigenvalue weighted by Crippen LogP contribution is -2.35. The maximum atomic E-state index is 10.8. The van der Waals surface area contributed by atoms with Crippen LogP contribution < -0.4 is 5.32 Å². The van der Waals surface area contributed by atoms with E-state index >= 15 is 0 Å². The van der Waals surface area contributed by atoms with E-state index in [0.29, 0.717) is 0 Å². The van der Waals surface area contributed by atoms with Gasteiger partial charge in [-0.1, -0.05) is 0 Å². The molecule has 0 aromatic heterocycles. The Bertz CT molecular complexity index is 461. The molecule has 2 aliphatic heterocycles. The SMILES string of the molecule is O=[N+]([O-])c1ccc2c(c1)C1(CCOCC1)CN2. The number of benzene rings is 1. The first kappa shape index (κ1) is 10.5. The molecular weight excluding hydrogens is 220 g/mol. The Morgan fingerprint density at radius 3 is 2.82 bits per heavy atom. The Morgan fingerprint density at radius 2 is 2.12 bits per heavy atom. The van der Waals surface area contributed by atoms with Gasteiger partial charge < -0.3 is 10.1 Å². The van der Waals surface area contributed by atoms with Gasteiger partial charge in [-0.2, -0.15) is 0 Å². The topological polar surface area (TPSA) is 64.4 Å². The minimum absolute atomic E-state index is 0.0413. The number of fused-ring (bicyclic) bond motifs is 2. The number of non-ortho nitro benzene ring substituents is 1. The Morgan fingerprint density at radius 1 is 1.35 bits per heavy atom. The number of nitrogens with one attached hydrogen (secondary N) is 1. The monoisotopic (exact) mass is 234 g/mol. The molecule has 5 nitrogen and oxygen atoms in total. The number of nitro groups is 1. The Labute approximate surface area is 98.9 Å². The maximum Gasteiger partial charge on any atom is 0.269 e. The van der Waals surface area contributed by atoms with Crippen LogP contribution in [0.15, 0.2) is 18.2 Å². The van der Waals surface area contributed by atoms with E-state index in [9.17, 15) is 10.1 Å². The van der Waals surface area contributed by atoms with Gasteiger partial charge in [-0.05, 0) is 24.5 Å². The molecule has 0 saturated carbocycles. The fourth-order valence-corrected chi connectivity index (χ4v) is 2.81. The molecule has 1 aromatic rings. The molecule has 1 N–H and O–H groups in total. The van der Waals surface area contributed by atoms with E-state index < -0.39 is 0 Å². The van der Waals surface area contributed by atoms with Crippen molar-refractivity contribution in [1.82, 2.24) is 0 Å². The molecule has 2 aliphatic rings. The molecule has 0 aliphatic carbocycles. The van der Waals surface area contributed by atoms with E-state index in [1.54, 1.807) is 12.1 Å². The third-order valence-electron chi connectivity index (χ3n) is 3.85. The fourth-order valence-electron chi connectivity index (χ4n) is 2.81. The zero-order valence-electron chi connectivity index (χ0n) is 9.44. The molecule has 1 spiro atoms. The zero-order valence-corrected chi connectivity index (χ0v) is 9.44. The molecule has 0 amide bonds. The van der Waals surface area contributed by atoms with Crippen molar-refractivity contribution in [2.75, 3.05) is 25.1 Å². The summed E-state index contributed by atoms with van der Waals surface area (Å²) in [7, 11) is 0. The average Bonchev–Trinajstić information content (AvgIpc) is 2.69. The Kier molecular flexibility index (Phi) is 2.29. The third-order valence-corrected chi connectivity index (χ3v) is 3.85. The molecule has 3 rings (SSSR count). The van der Waals surface area contributed by atoms with Crippen LogP contribution in [0.5, 0.6) is 0 Å². The van der Waals surface area contributed by atoms with Crippen LogP contribution in [0.3, 0.4) is 0 Å². The van der Waals surface area contributed by atoms with E-state index in [1.807, 2.05) is 6.07 Å². The van der Waals surface area contributed by atoms with Crippen LogP contribution in [0.4, 0.5) is 11.4 Å². The molecule has 2 heterocycles. The highest BCUT2D eigenvalue weighted by Crippen LogP contribution is 2.44. The Balaban J connectivity index is 2.04. The number of nitrogens with zero attached hydrogens (tertiary/aromatic N) is 1. The molecule has 17 heavy (non-hydrogen) atoms. The number of ether oxygens (including phenoxy) is 1. The van der Waals surface area contributed by atoms with Gasteiger partial charge in [-0.3, -0.25) is 10.1 Å². The summed E-state index contributed by atoms with van der Waals surface area (Å²) in [5.41, 5.74) is 2.35. The quantitative estimate of drug-likeness (QED) is 0.596. The molecule has 5 heteroatoms. The van der Waals surface area contributed by atoms with Crippen molar-refractivity contribution in [1.29, 1.82) is 0 Å². The number of rotatable bonds is 1. The van der Waals surface area contributed by atoms with Crippen LogP contribution >= 0.6 is 0 Å².